The Morgan fingerprint density at radius 3 is 2.39 bits per heavy atom. The zero-order chi connectivity index (χ0) is 26.8. The first kappa shape index (κ1) is 26.1. The average molecular weight is 521 g/mol. The largest absolute Gasteiger partial charge is 0.325 e. The second-order valence-corrected chi connectivity index (χ2v) is 9.89. The molecule has 1 aliphatic rings. The van der Waals surface area contributed by atoms with Crippen molar-refractivity contribution in [3.05, 3.63) is 59.7 Å². The van der Waals surface area contributed by atoms with E-state index in [0.717, 1.165) is 57.4 Å². The van der Waals surface area contributed by atoms with Crippen LogP contribution in [-0.4, -0.2) is 67.0 Å². The molecule has 0 aliphatic carbocycles. The van der Waals surface area contributed by atoms with Gasteiger partial charge in [-0.15, -0.1) is 0 Å². The third-order valence-corrected chi connectivity index (χ3v) is 7.36. The van der Waals surface area contributed by atoms with E-state index < -0.39 is 11.6 Å². The van der Waals surface area contributed by atoms with Crippen molar-refractivity contribution in [1.82, 2.24) is 34.3 Å². The lowest BCUT2D eigenvalue weighted by atomic mass is 10.1. The predicted molar refractivity (Wildman–Crippen MR) is 145 cm³/mol. The van der Waals surface area contributed by atoms with Gasteiger partial charge in [-0.3, -0.25) is 4.90 Å². The molecule has 1 aromatic carbocycles. The second-order valence-electron chi connectivity index (χ2n) is 9.89. The van der Waals surface area contributed by atoms with Crippen LogP contribution < -0.4 is 5.32 Å². The highest BCUT2D eigenvalue weighted by atomic mass is 19.1. The molecule has 38 heavy (non-hydrogen) atoms. The Balaban J connectivity index is 1.35. The van der Waals surface area contributed by atoms with Crippen LogP contribution in [0.25, 0.3) is 22.3 Å². The summed E-state index contributed by atoms with van der Waals surface area (Å²) in [6, 6.07) is 7.03. The summed E-state index contributed by atoms with van der Waals surface area (Å²) < 4.78 is 31.9. The minimum atomic E-state index is -0.632. The van der Waals surface area contributed by atoms with Crippen LogP contribution in [0.1, 0.15) is 44.6 Å². The summed E-state index contributed by atoms with van der Waals surface area (Å²) in [4.78, 5) is 22.2. The van der Waals surface area contributed by atoms with Crippen LogP contribution in [0.4, 0.5) is 20.5 Å². The van der Waals surface area contributed by atoms with Crippen LogP contribution in [-0.2, 0) is 6.54 Å². The van der Waals surface area contributed by atoms with Crippen LogP contribution in [0.2, 0.25) is 0 Å². The number of nitrogens with one attached hydrogen (secondary N) is 1. The molecule has 1 saturated heterocycles. The monoisotopic (exact) mass is 520 g/mol. The maximum absolute atomic E-state index is 15.0. The van der Waals surface area contributed by atoms with Gasteiger partial charge in [-0.05, 0) is 50.6 Å². The number of pyridine rings is 1. The minimum Gasteiger partial charge on any atom is -0.325 e. The molecule has 5 rings (SSSR count). The molecule has 4 heterocycles. The number of anilines is 2. The molecule has 0 saturated carbocycles. The Kier molecular flexibility index (Phi) is 7.62. The highest BCUT2D eigenvalue weighted by Gasteiger charge is 2.19. The molecule has 1 fully saturated rings. The molecule has 0 spiro atoms. The van der Waals surface area contributed by atoms with Gasteiger partial charge in [-0.25, -0.2) is 28.7 Å². The van der Waals surface area contributed by atoms with Gasteiger partial charge in [0.05, 0.1) is 11.7 Å². The number of hydrogen-bond donors (Lipinski definition) is 1. The lowest BCUT2D eigenvalue weighted by Gasteiger charge is -2.33. The van der Waals surface area contributed by atoms with E-state index in [1.54, 1.807) is 6.07 Å². The van der Waals surface area contributed by atoms with Crippen molar-refractivity contribution in [2.75, 3.05) is 38.0 Å². The van der Waals surface area contributed by atoms with Gasteiger partial charge in [0, 0.05) is 50.5 Å². The number of fused-ring (bicyclic) bond motifs is 1. The number of hydrogen-bond acceptors (Lipinski definition) is 7. The van der Waals surface area contributed by atoms with Crippen LogP contribution in [0, 0.1) is 18.6 Å². The highest BCUT2D eigenvalue weighted by molar-refractivity contribution is 5.83. The van der Waals surface area contributed by atoms with Gasteiger partial charge in [-0.2, -0.15) is 0 Å². The first-order valence-corrected chi connectivity index (χ1v) is 13.2. The van der Waals surface area contributed by atoms with E-state index in [4.69, 9.17) is 0 Å². The summed E-state index contributed by atoms with van der Waals surface area (Å²) in [7, 11) is 0. The third kappa shape index (κ3) is 5.37. The SMILES string of the molecule is CCC(C)n1c(C)nc2c(F)cc(-c3nc(Nc4ccc(CN5CCN(CC)CC5)cn4)ncc3F)cc21. The van der Waals surface area contributed by atoms with Crippen LogP contribution in [0.5, 0.6) is 0 Å². The van der Waals surface area contributed by atoms with Crippen molar-refractivity contribution in [3.8, 4) is 11.3 Å². The molecule has 0 radical (unpaired) electrons. The molecular weight excluding hydrogens is 486 g/mol. The van der Waals surface area contributed by atoms with E-state index in [1.165, 1.54) is 6.07 Å². The number of nitrogens with zero attached hydrogens (tertiary/aromatic N) is 7. The maximum Gasteiger partial charge on any atom is 0.229 e. The van der Waals surface area contributed by atoms with E-state index in [-0.39, 0.29) is 23.2 Å². The summed E-state index contributed by atoms with van der Waals surface area (Å²) >= 11 is 0. The third-order valence-electron chi connectivity index (χ3n) is 7.36. The van der Waals surface area contributed by atoms with Gasteiger partial charge in [0.1, 0.15) is 22.9 Å². The molecule has 0 amide bonds. The lowest BCUT2D eigenvalue weighted by molar-refractivity contribution is 0.132. The fourth-order valence-electron chi connectivity index (χ4n) is 5.00. The molecule has 1 atom stereocenters. The molecular formula is C28H34F2N8. The Morgan fingerprint density at radius 1 is 0.947 bits per heavy atom. The number of aromatic nitrogens is 5. The highest BCUT2D eigenvalue weighted by Crippen LogP contribution is 2.31. The zero-order valence-corrected chi connectivity index (χ0v) is 22.4. The number of rotatable bonds is 8. The van der Waals surface area contributed by atoms with Gasteiger partial charge < -0.3 is 14.8 Å². The molecule has 1 N–H and O–H groups in total. The van der Waals surface area contributed by atoms with Crippen molar-refractivity contribution in [1.29, 1.82) is 0 Å². The minimum absolute atomic E-state index is 0.0145. The summed E-state index contributed by atoms with van der Waals surface area (Å²) in [6.07, 6.45) is 3.78. The predicted octanol–water partition coefficient (Wildman–Crippen LogP) is 5.33. The summed E-state index contributed by atoms with van der Waals surface area (Å²) in [5.74, 6) is 0.308. The molecule has 0 bridgehead atoms. The van der Waals surface area contributed by atoms with Gasteiger partial charge >= 0.3 is 0 Å². The first-order valence-electron chi connectivity index (χ1n) is 13.2. The average Bonchev–Trinajstić information content (AvgIpc) is 3.27. The second kappa shape index (κ2) is 11.1. The molecule has 10 heteroatoms. The smallest absolute Gasteiger partial charge is 0.229 e. The molecule has 1 aliphatic heterocycles. The van der Waals surface area contributed by atoms with E-state index in [2.05, 4.69) is 55.8 Å². The normalized spacial score (nSPS) is 15.7. The number of likely N-dealkylation sites (N-methyl/N-ethyl adjacent to an activating group) is 1. The lowest BCUT2D eigenvalue weighted by Crippen LogP contribution is -2.45. The van der Waals surface area contributed by atoms with Crippen molar-refractivity contribution in [3.63, 3.8) is 0 Å². The first-order chi connectivity index (χ1) is 18.4. The topological polar surface area (TPSA) is 75.0 Å². The van der Waals surface area contributed by atoms with Gasteiger partial charge in [0.25, 0.3) is 0 Å². The van der Waals surface area contributed by atoms with Crippen molar-refractivity contribution in [2.24, 2.45) is 0 Å². The van der Waals surface area contributed by atoms with Crippen LogP contribution >= 0.6 is 0 Å². The van der Waals surface area contributed by atoms with Gasteiger partial charge in [0.15, 0.2) is 11.6 Å². The van der Waals surface area contributed by atoms with Gasteiger partial charge in [-0.1, -0.05) is 19.9 Å². The van der Waals surface area contributed by atoms with Gasteiger partial charge in [0.2, 0.25) is 5.95 Å². The molecule has 4 aromatic rings. The van der Waals surface area contributed by atoms with E-state index >= 15 is 4.39 Å². The molecule has 8 nitrogen and oxygen atoms in total. The number of benzene rings is 1. The quantitative estimate of drug-likeness (QED) is 0.337. The number of piperazine rings is 1. The summed E-state index contributed by atoms with van der Waals surface area (Å²) in [5.41, 5.74) is 2.36. The Morgan fingerprint density at radius 2 is 1.71 bits per heavy atom. The van der Waals surface area contributed by atoms with Crippen molar-refractivity contribution >= 4 is 22.8 Å². The molecule has 3 aromatic heterocycles. The summed E-state index contributed by atoms with van der Waals surface area (Å²) in [5, 5.41) is 3.05. The van der Waals surface area contributed by atoms with E-state index in [0.29, 0.717) is 22.7 Å². The van der Waals surface area contributed by atoms with Crippen LogP contribution in [0.3, 0.4) is 0 Å². The van der Waals surface area contributed by atoms with E-state index in [9.17, 15) is 4.39 Å². The number of aryl methyl sites for hydroxylation is 1. The Hall–Kier alpha value is -3.50. The maximum atomic E-state index is 15.0. The number of imidazole rings is 1. The van der Waals surface area contributed by atoms with Crippen LogP contribution in [0.15, 0.2) is 36.7 Å². The van der Waals surface area contributed by atoms with Crippen molar-refractivity contribution < 1.29 is 8.78 Å². The van der Waals surface area contributed by atoms with E-state index in [1.807, 2.05) is 29.8 Å². The molecule has 200 valence electrons. The molecule has 1 unspecified atom stereocenters. The fourth-order valence-corrected chi connectivity index (χ4v) is 5.00. The fraction of sp³-hybridized carbons (Fsp3) is 0.429. The Labute approximate surface area is 221 Å². The number of halogens is 2. The van der Waals surface area contributed by atoms with Crippen molar-refractivity contribution in [2.45, 2.75) is 46.7 Å². The zero-order valence-electron chi connectivity index (χ0n) is 22.4. The summed E-state index contributed by atoms with van der Waals surface area (Å²) in [6.45, 7) is 14.4. The Bertz CT molecular complexity index is 1410. The standard InChI is InChI=1S/C28H34F2N8/c1-5-18(3)38-19(4)33-27-22(29)13-21(14-24(27)38)26-23(30)16-32-28(35-26)34-25-8-7-20(15-31-25)17-37-11-9-36(6-2)10-12-37/h7-8,13-16,18H,5-6,9-12,17H2,1-4H3,(H,31,32,34,35).